The quantitative estimate of drug-likeness (QED) is 0.254. The van der Waals surface area contributed by atoms with Crippen LogP contribution in [-0.2, 0) is 22.4 Å². The number of amides is 3. The van der Waals surface area contributed by atoms with E-state index in [1.807, 2.05) is 41.3 Å². The zero-order valence-corrected chi connectivity index (χ0v) is 28.1. The first kappa shape index (κ1) is 31.4. The molecule has 0 bridgehead atoms. The van der Waals surface area contributed by atoms with Gasteiger partial charge in [0.1, 0.15) is 5.69 Å². The van der Waals surface area contributed by atoms with Gasteiger partial charge in [-0.1, -0.05) is 19.1 Å². The molecule has 3 N–H and O–H groups in total. The molecule has 3 aliphatic heterocycles. The van der Waals surface area contributed by atoms with Gasteiger partial charge in [0.05, 0.1) is 11.6 Å². The molecular formula is C38H41F2N7O3. The van der Waals surface area contributed by atoms with Crippen molar-refractivity contribution in [2.75, 3.05) is 50.7 Å². The van der Waals surface area contributed by atoms with E-state index in [0.717, 1.165) is 78.2 Å². The van der Waals surface area contributed by atoms with Crippen LogP contribution in [0.15, 0.2) is 48.5 Å². The molecule has 5 heterocycles. The number of anilines is 1. The highest BCUT2D eigenvalue weighted by Gasteiger charge is 2.78. The van der Waals surface area contributed by atoms with Gasteiger partial charge < -0.3 is 14.8 Å². The summed E-state index contributed by atoms with van der Waals surface area (Å²) < 4.78 is 28.9. The maximum atomic E-state index is 14.5. The fourth-order valence-corrected chi connectivity index (χ4v) is 9.05. The van der Waals surface area contributed by atoms with E-state index in [4.69, 9.17) is 0 Å². The molecule has 9 rings (SSSR count). The smallest absolute Gasteiger partial charge is 0.258 e. The highest BCUT2D eigenvalue weighted by molar-refractivity contribution is 6.01. The van der Waals surface area contributed by atoms with Crippen LogP contribution in [0.4, 0.5) is 14.5 Å². The number of carbonyl (C=O) groups is 3. The van der Waals surface area contributed by atoms with Crippen LogP contribution in [0, 0.1) is 17.3 Å². The molecular weight excluding hydrogens is 640 g/mol. The largest absolute Gasteiger partial charge is 0.371 e. The number of imide groups is 1. The van der Waals surface area contributed by atoms with Crippen LogP contribution in [0.1, 0.15) is 59.3 Å². The second-order valence-corrected chi connectivity index (χ2v) is 15.3. The molecule has 260 valence electrons. The van der Waals surface area contributed by atoms with Crippen molar-refractivity contribution < 1.29 is 23.2 Å². The number of piperazine rings is 1. The zero-order valence-electron chi connectivity index (χ0n) is 28.1. The van der Waals surface area contributed by atoms with E-state index in [1.54, 1.807) is 6.92 Å². The number of nitrogens with zero attached hydrogens (tertiary/aromatic N) is 4. The van der Waals surface area contributed by atoms with E-state index < -0.39 is 17.3 Å². The number of fused-ring (bicyclic) bond motifs is 3. The molecule has 2 aromatic heterocycles. The number of aromatic amines is 2. The van der Waals surface area contributed by atoms with Crippen molar-refractivity contribution in [3.05, 3.63) is 70.9 Å². The van der Waals surface area contributed by atoms with Gasteiger partial charge in [-0.05, 0) is 67.1 Å². The summed E-state index contributed by atoms with van der Waals surface area (Å²) in [7, 11) is 0. The Labute approximate surface area is 288 Å². The first-order valence-corrected chi connectivity index (χ1v) is 17.8. The molecule has 5 aliphatic rings. The number of rotatable bonds is 6. The number of hydrogen-bond acceptors (Lipinski definition) is 6. The molecule has 12 heteroatoms. The predicted molar refractivity (Wildman–Crippen MR) is 184 cm³/mol. The summed E-state index contributed by atoms with van der Waals surface area (Å²) in [6, 6.07) is 15.9. The molecule has 4 fully saturated rings. The van der Waals surface area contributed by atoms with E-state index in [-0.39, 0.29) is 23.6 Å². The minimum Gasteiger partial charge on any atom is -0.371 e. The standard InChI is InChI=1S/C38H41F2N7O3/c1-37-19-31-28(18-32(37)38(37,39)40)34(44-43-31)30-17-25-16-24(4-8-29(25)41-30)36(50)46-14-12-45(13-15-46)20-22-10-11-47(21-22)26-5-2-23(3-6-26)27-7-9-33(48)42-35(27)49/h2-6,8,16-17,22,27,32,41H,7,9-15,18-21H2,1H3,(H,43,44)(H,42,48,49)/t22-,27?,32+,37-/m1/s1. The summed E-state index contributed by atoms with van der Waals surface area (Å²) in [5.74, 6) is -3.38. The average Bonchev–Trinajstić information content (AvgIpc) is 3.70. The number of aromatic nitrogens is 3. The highest BCUT2D eigenvalue weighted by Crippen LogP contribution is 2.70. The summed E-state index contributed by atoms with van der Waals surface area (Å²) in [5, 5.41) is 10.9. The summed E-state index contributed by atoms with van der Waals surface area (Å²) in [6.07, 6.45) is 2.67. The minimum atomic E-state index is -2.64. The number of alkyl halides is 2. The molecule has 1 unspecified atom stereocenters. The van der Waals surface area contributed by atoms with E-state index in [9.17, 15) is 23.2 Å². The summed E-state index contributed by atoms with van der Waals surface area (Å²) in [4.78, 5) is 47.6. The lowest BCUT2D eigenvalue weighted by atomic mass is 9.87. The predicted octanol–water partition coefficient (Wildman–Crippen LogP) is 4.73. The maximum Gasteiger partial charge on any atom is 0.258 e. The van der Waals surface area contributed by atoms with Crippen LogP contribution in [0.2, 0.25) is 0 Å². The molecule has 1 saturated carbocycles. The van der Waals surface area contributed by atoms with Gasteiger partial charge in [0.15, 0.2) is 0 Å². The van der Waals surface area contributed by atoms with E-state index in [1.165, 1.54) is 0 Å². The van der Waals surface area contributed by atoms with Crippen molar-refractivity contribution in [2.24, 2.45) is 17.3 Å². The Morgan fingerprint density at radius 1 is 1.00 bits per heavy atom. The molecule has 2 aliphatic carbocycles. The number of H-pyrrole nitrogens is 2. The summed E-state index contributed by atoms with van der Waals surface area (Å²) >= 11 is 0. The van der Waals surface area contributed by atoms with Crippen molar-refractivity contribution in [2.45, 2.75) is 50.9 Å². The minimum absolute atomic E-state index is 0.0227. The topological polar surface area (TPSA) is 117 Å². The van der Waals surface area contributed by atoms with Crippen molar-refractivity contribution >= 4 is 34.3 Å². The fourth-order valence-electron chi connectivity index (χ4n) is 9.05. The van der Waals surface area contributed by atoms with Crippen LogP contribution < -0.4 is 10.2 Å². The molecule has 4 atom stereocenters. The van der Waals surface area contributed by atoms with Crippen molar-refractivity contribution in [1.29, 1.82) is 0 Å². The second-order valence-electron chi connectivity index (χ2n) is 15.3. The molecule has 2 aromatic carbocycles. The Morgan fingerprint density at radius 3 is 2.58 bits per heavy atom. The van der Waals surface area contributed by atoms with E-state index in [0.29, 0.717) is 55.9 Å². The fraction of sp³-hybridized carbons (Fsp3) is 0.474. The third kappa shape index (κ3) is 5.13. The Kier molecular flexibility index (Phi) is 7.21. The average molecular weight is 682 g/mol. The van der Waals surface area contributed by atoms with Gasteiger partial charge in [0, 0.05) is 103 Å². The molecule has 3 saturated heterocycles. The lowest BCUT2D eigenvalue weighted by Crippen LogP contribution is -2.49. The summed E-state index contributed by atoms with van der Waals surface area (Å²) in [6.45, 7) is 7.66. The van der Waals surface area contributed by atoms with Gasteiger partial charge in [-0.25, -0.2) is 8.78 Å². The normalized spacial score (nSPS) is 27.7. The van der Waals surface area contributed by atoms with Gasteiger partial charge in [-0.3, -0.25) is 29.7 Å². The second kappa shape index (κ2) is 11.5. The van der Waals surface area contributed by atoms with Gasteiger partial charge in [-0.15, -0.1) is 0 Å². The van der Waals surface area contributed by atoms with E-state index in [2.05, 4.69) is 42.4 Å². The first-order chi connectivity index (χ1) is 24.1. The Balaban J connectivity index is 0.787. The van der Waals surface area contributed by atoms with Crippen LogP contribution in [0.3, 0.4) is 0 Å². The monoisotopic (exact) mass is 681 g/mol. The van der Waals surface area contributed by atoms with Crippen molar-refractivity contribution in [1.82, 2.24) is 30.3 Å². The molecule has 50 heavy (non-hydrogen) atoms. The molecule has 0 radical (unpaired) electrons. The van der Waals surface area contributed by atoms with Crippen molar-refractivity contribution in [3.8, 4) is 11.4 Å². The number of nitrogens with one attached hydrogen (secondary N) is 3. The SMILES string of the molecule is C[C@@]12Cc3[nH]nc(-c4cc5cc(C(=O)N6CCN(C[C@H]7CCN(c8ccc(C9CCC(=O)NC9=O)cc8)C7)CC6)ccc5[nH]4)c3C[C@@H]1C2(F)F. The molecule has 10 nitrogen and oxygen atoms in total. The molecule has 4 aromatic rings. The lowest BCUT2D eigenvalue weighted by molar-refractivity contribution is -0.134. The number of benzene rings is 2. The van der Waals surface area contributed by atoms with Crippen LogP contribution in [0.25, 0.3) is 22.3 Å². The zero-order chi connectivity index (χ0) is 34.4. The van der Waals surface area contributed by atoms with Gasteiger partial charge >= 0.3 is 0 Å². The lowest BCUT2D eigenvalue weighted by Gasteiger charge is -2.36. The van der Waals surface area contributed by atoms with Crippen LogP contribution >= 0.6 is 0 Å². The number of halogens is 2. The van der Waals surface area contributed by atoms with Crippen LogP contribution in [-0.4, -0.2) is 94.4 Å². The Bertz CT molecular complexity index is 2010. The van der Waals surface area contributed by atoms with Gasteiger partial charge in [0.2, 0.25) is 11.8 Å². The third-order valence-electron chi connectivity index (χ3n) is 12.3. The Morgan fingerprint density at radius 2 is 1.80 bits per heavy atom. The number of hydrogen-bond donors (Lipinski definition) is 3. The van der Waals surface area contributed by atoms with E-state index >= 15 is 0 Å². The van der Waals surface area contributed by atoms with Crippen molar-refractivity contribution in [3.63, 3.8) is 0 Å². The number of piperidine rings is 1. The maximum absolute atomic E-state index is 14.5. The number of carbonyl (C=O) groups excluding carboxylic acids is 3. The molecule has 0 spiro atoms. The highest BCUT2D eigenvalue weighted by atomic mass is 19.3. The van der Waals surface area contributed by atoms with Crippen LogP contribution in [0.5, 0.6) is 0 Å². The first-order valence-electron chi connectivity index (χ1n) is 17.8. The summed E-state index contributed by atoms with van der Waals surface area (Å²) in [5.41, 5.74) is 5.80. The van der Waals surface area contributed by atoms with Gasteiger partial charge in [-0.2, -0.15) is 5.10 Å². The third-order valence-corrected chi connectivity index (χ3v) is 12.3. The molecule has 3 amide bonds. The Hall–Kier alpha value is -4.58. The van der Waals surface area contributed by atoms with Gasteiger partial charge in [0.25, 0.3) is 11.8 Å².